The molecule has 0 radical (unpaired) electrons. The molecule has 0 saturated heterocycles. The fourth-order valence-electron chi connectivity index (χ4n) is 0.725. The van der Waals surface area contributed by atoms with Gasteiger partial charge in [0.2, 0.25) is 0 Å². The number of nitriles is 2. The molecule has 0 N–H and O–H groups in total. The van der Waals surface area contributed by atoms with Crippen LogP contribution in [0.5, 0.6) is 0 Å². The van der Waals surface area contributed by atoms with Gasteiger partial charge in [0, 0.05) is 13.5 Å². The Kier molecular flexibility index (Phi) is 22.3. The molecular formula is C14H26N2O3. The van der Waals surface area contributed by atoms with Crippen LogP contribution in [0.1, 0.15) is 41.0 Å². The van der Waals surface area contributed by atoms with Crippen molar-refractivity contribution in [1.29, 1.82) is 10.5 Å². The van der Waals surface area contributed by atoms with Gasteiger partial charge in [0.05, 0.1) is 18.7 Å². The molecule has 0 aromatic carbocycles. The van der Waals surface area contributed by atoms with Gasteiger partial charge < -0.3 is 9.47 Å². The summed E-state index contributed by atoms with van der Waals surface area (Å²) in [4.78, 5) is 9.18. The third-order valence-electron chi connectivity index (χ3n) is 1.72. The van der Waals surface area contributed by atoms with Crippen molar-refractivity contribution < 1.29 is 14.3 Å². The van der Waals surface area contributed by atoms with Gasteiger partial charge in [-0.15, -0.1) is 0 Å². The minimum absolute atomic E-state index is 0.241. The van der Waals surface area contributed by atoms with Gasteiger partial charge in [-0.25, -0.2) is 0 Å². The second kappa shape index (κ2) is 18.8. The lowest BCUT2D eigenvalue weighted by molar-refractivity contribution is -0.128. The van der Waals surface area contributed by atoms with Gasteiger partial charge in [-0.3, -0.25) is 4.79 Å². The fraction of sp³-hybridized carbons (Fsp3) is 0.786. The average Bonchev–Trinajstić information content (AvgIpc) is 2.32. The summed E-state index contributed by atoms with van der Waals surface area (Å²) in [5.41, 5.74) is 0. The Morgan fingerprint density at radius 1 is 1.21 bits per heavy atom. The molecule has 0 rings (SSSR count). The van der Waals surface area contributed by atoms with Gasteiger partial charge in [0.25, 0.3) is 6.47 Å². The molecule has 0 spiro atoms. The Morgan fingerprint density at radius 3 is 1.74 bits per heavy atom. The predicted octanol–water partition coefficient (Wildman–Crippen LogP) is 2.92. The van der Waals surface area contributed by atoms with Crippen LogP contribution in [0.3, 0.4) is 0 Å². The second-order valence-corrected chi connectivity index (χ2v) is 4.34. The summed E-state index contributed by atoms with van der Waals surface area (Å²) in [6, 6.07) is 4.10. The molecule has 0 aliphatic heterocycles. The highest BCUT2D eigenvalue weighted by atomic mass is 16.5. The molecule has 5 heteroatoms. The molecule has 110 valence electrons. The molecule has 1 unspecified atom stereocenters. The standard InChI is InChI=1S/C6H11NO.C5H9N.C3H6O2/c1-5(2)6(4-7)8-3;1-5(2)3-4-6;1-2-5-3-4/h5-6H,1-3H3;5H,3H2,1-2H3;3H,2H2,1H3. The molecule has 0 heterocycles. The summed E-state index contributed by atoms with van der Waals surface area (Å²) < 4.78 is 8.95. The van der Waals surface area contributed by atoms with Crippen LogP contribution >= 0.6 is 0 Å². The van der Waals surface area contributed by atoms with Gasteiger partial charge in [0.15, 0.2) is 0 Å². The minimum Gasteiger partial charge on any atom is -0.468 e. The Hall–Kier alpha value is -1.59. The van der Waals surface area contributed by atoms with Crippen LogP contribution in [0.25, 0.3) is 0 Å². The Bertz CT molecular complexity index is 265. The van der Waals surface area contributed by atoms with Crippen molar-refractivity contribution in [3.63, 3.8) is 0 Å². The topological polar surface area (TPSA) is 83.1 Å². The van der Waals surface area contributed by atoms with Crippen LogP contribution in [0.2, 0.25) is 0 Å². The quantitative estimate of drug-likeness (QED) is 0.717. The highest BCUT2D eigenvalue weighted by molar-refractivity contribution is 5.36. The number of nitrogens with zero attached hydrogens (tertiary/aromatic N) is 2. The largest absolute Gasteiger partial charge is 0.468 e. The van der Waals surface area contributed by atoms with E-state index in [0.717, 1.165) is 0 Å². The SMILES string of the molecule is CC(C)CC#N.CCOC=O.COC(C#N)C(C)C. The number of carbonyl (C=O) groups excluding carboxylic acids is 1. The summed E-state index contributed by atoms with van der Waals surface area (Å²) in [5.74, 6) is 0.833. The van der Waals surface area contributed by atoms with E-state index in [-0.39, 0.29) is 6.10 Å². The van der Waals surface area contributed by atoms with Gasteiger partial charge in [0.1, 0.15) is 6.10 Å². The van der Waals surface area contributed by atoms with Gasteiger partial charge in [-0.05, 0) is 18.8 Å². The molecule has 0 bridgehead atoms. The first kappa shape index (κ1) is 22.6. The third-order valence-corrected chi connectivity index (χ3v) is 1.72. The van der Waals surface area contributed by atoms with Crippen molar-refractivity contribution in [2.75, 3.05) is 13.7 Å². The van der Waals surface area contributed by atoms with E-state index in [4.69, 9.17) is 15.3 Å². The number of rotatable bonds is 5. The van der Waals surface area contributed by atoms with E-state index in [1.54, 1.807) is 14.0 Å². The van der Waals surface area contributed by atoms with Crippen molar-refractivity contribution in [3.8, 4) is 12.1 Å². The molecule has 0 saturated carbocycles. The van der Waals surface area contributed by atoms with Crippen molar-refractivity contribution in [3.05, 3.63) is 0 Å². The maximum atomic E-state index is 9.18. The summed E-state index contributed by atoms with van der Waals surface area (Å²) in [6.07, 6.45) is 0.440. The zero-order chi connectivity index (χ0) is 15.7. The molecule has 0 amide bonds. The van der Waals surface area contributed by atoms with E-state index in [0.29, 0.717) is 31.3 Å². The fourth-order valence-corrected chi connectivity index (χ4v) is 0.725. The molecule has 19 heavy (non-hydrogen) atoms. The highest BCUT2D eigenvalue weighted by Gasteiger charge is 2.08. The lowest BCUT2D eigenvalue weighted by Crippen LogP contribution is -2.14. The van der Waals surface area contributed by atoms with Crippen LogP contribution < -0.4 is 0 Å². The predicted molar refractivity (Wildman–Crippen MR) is 74.0 cm³/mol. The van der Waals surface area contributed by atoms with Gasteiger partial charge in [-0.2, -0.15) is 10.5 Å². The summed E-state index contributed by atoms with van der Waals surface area (Å²) >= 11 is 0. The second-order valence-electron chi connectivity index (χ2n) is 4.34. The Morgan fingerprint density at radius 2 is 1.74 bits per heavy atom. The van der Waals surface area contributed by atoms with E-state index >= 15 is 0 Å². The zero-order valence-corrected chi connectivity index (χ0v) is 12.8. The first-order valence-electron chi connectivity index (χ1n) is 6.25. The molecule has 5 nitrogen and oxygen atoms in total. The van der Waals surface area contributed by atoms with Crippen molar-refractivity contribution in [1.82, 2.24) is 0 Å². The third kappa shape index (κ3) is 26.2. The zero-order valence-electron chi connectivity index (χ0n) is 12.8. The Labute approximate surface area is 117 Å². The molecule has 0 aromatic rings. The average molecular weight is 270 g/mol. The molecule has 0 aliphatic carbocycles. The van der Waals surface area contributed by atoms with Crippen molar-refractivity contribution in [2.24, 2.45) is 11.8 Å². The van der Waals surface area contributed by atoms with Crippen LogP contribution in [-0.4, -0.2) is 26.3 Å². The van der Waals surface area contributed by atoms with Crippen molar-refractivity contribution >= 4 is 6.47 Å². The number of carbonyl (C=O) groups is 1. The maximum absolute atomic E-state index is 9.18. The number of hydrogen-bond acceptors (Lipinski definition) is 5. The van der Waals surface area contributed by atoms with Gasteiger partial charge in [-0.1, -0.05) is 27.7 Å². The Balaban J connectivity index is -0.000000209. The van der Waals surface area contributed by atoms with E-state index < -0.39 is 0 Å². The minimum atomic E-state index is -0.241. The molecule has 0 aliphatic rings. The van der Waals surface area contributed by atoms with Crippen LogP contribution in [0, 0.1) is 34.5 Å². The molecule has 0 fully saturated rings. The number of methoxy groups -OCH3 is 1. The summed E-state index contributed by atoms with van der Waals surface area (Å²) in [7, 11) is 1.55. The molecule has 1 atom stereocenters. The molecule has 0 aromatic heterocycles. The van der Waals surface area contributed by atoms with Crippen molar-refractivity contribution in [2.45, 2.75) is 47.1 Å². The number of ether oxygens (including phenoxy) is 2. The monoisotopic (exact) mass is 270 g/mol. The first-order chi connectivity index (χ1) is 8.90. The molecular weight excluding hydrogens is 244 g/mol. The van der Waals surface area contributed by atoms with E-state index in [9.17, 15) is 4.79 Å². The van der Waals surface area contributed by atoms with E-state index in [1.165, 1.54) is 0 Å². The highest BCUT2D eigenvalue weighted by Crippen LogP contribution is 2.02. The lowest BCUT2D eigenvalue weighted by atomic mass is 10.1. The van der Waals surface area contributed by atoms with E-state index in [1.807, 2.05) is 33.8 Å². The van der Waals surface area contributed by atoms with Crippen LogP contribution in [0.4, 0.5) is 0 Å². The van der Waals surface area contributed by atoms with Crippen LogP contribution in [0.15, 0.2) is 0 Å². The number of hydrogen-bond donors (Lipinski definition) is 0. The van der Waals surface area contributed by atoms with Crippen LogP contribution in [-0.2, 0) is 14.3 Å². The van der Waals surface area contributed by atoms with E-state index in [2.05, 4.69) is 10.8 Å². The smallest absolute Gasteiger partial charge is 0.293 e. The van der Waals surface area contributed by atoms with Gasteiger partial charge >= 0.3 is 0 Å². The summed E-state index contributed by atoms with van der Waals surface area (Å²) in [6.45, 7) is 10.6. The maximum Gasteiger partial charge on any atom is 0.293 e. The first-order valence-corrected chi connectivity index (χ1v) is 6.25. The lowest BCUT2D eigenvalue weighted by Gasteiger charge is -2.08. The summed E-state index contributed by atoms with van der Waals surface area (Å²) in [5, 5.41) is 16.3. The normalized spacial score (nSPS) is 10.0.